The van der Waals surface area contributed by atoms with E-state index in [0.29, 0.717) is 69.7 Å². The maximum atomic E-state index is 12.8. The number of hydrogen-bond donors (Lipinski definition) is 6. The lowest BCUT2D eigenvalue weighted by Gasteiger charge is -2.58. The summed E-state index contributed by atoms with van der Waals surface area (Å²) in [5, 5.41) is 31.6. The number of fused-ring (bicyclic) bond motifs is 2. The Labute approximate surface area is 210 Å². The largest absolute Gasteiger partial charge is 0.481 e. The Bertz CT molecular complexity index is 823. The number of nitrogens with two attached hydrogens (primary N) is 2. The van der Waals surface area contributed by atoms with Crippen molar-refractivity contribution in [1.29, 1.82) is 0 Å². The first-order chi connectivity index (χ1) is 17.0. The molecule has 3 saturated heterocycles. The van der Waals surface area contributed by atoms with Gasteiger partial charge in [-0.25, -0.2) is 4.90 Å². The molecule has 8 N–H and O–H groups in total. The second kappa shape index (κ2) is 12.3. The summed E-state index contributed by atoms with van der Waals surface area (Å²) in [6.07, 6.45) is -0.136. The fraction of sp³-hybridized carbons (Fsp3) is 0.818. The fourth-order valence-electron chi connectivity index (χ4n) is 6.06. The Morgan fingerprint density at radius 2 is 1.67 bits per heavy atom. The highest BCUT2D eigenvalue weighted by molar-refractivity contribution is 5.76. The van der Waals surface area contributed by atoms with Crippen molar-refractivity contribution >= 4 is 23.8 Å². The van der Waals surface area contributed by atoms with Crippen molar-refractivity contribution < 1.29 is 39.0 Å². The van der Waals surface area contributed by atoms with Gasteiger partial charge in [0.15, 0.2) is 0 Å². The van der Waals surface area contributed by atoms with Gasteiger partial charge in [0.2, 0.25) is 5.91 Å². The number of nitrogens with zero attached hydrogens (tertiary/aromatic N) is 4. The second-order valence-corrected chi connectivity index (χ2v) is 10.2. The summed E-state index contributed by atoms with van der Waals surface area (Å²) in [6, 6.07) is -0.694. The van der Waals surface area contributed by atoms with Crippen molar-refractivity contribution in [3.63, 3.8) is 0 Å². The van der Waals surface area contributed by atoms with Crippen molar-refractivity contribution in [3.05, 3.63) is 0 Å². The Hall–Kier alpha value is -2.36. The van der Waals surface area contributed by atoms with Crippen molar-refractivity contribution in [2.75, 3.05) is 65.4 Å². The van der Waals surface area contributed by atoms with Crippen molar-refractivity contribution in [1.82, 2.24) is 20.0 Å². The summed E-state index contributed by atoms with van der Waals surface area (Å²) >= 11 is 0. The second-order valence-electron chi connectivity index (χ2n) is 10.2. The maximum absolute atomic E-state index is 12.8. The van der Waals surface area contributed by atoms with Crippen LogP contribution in [0.3, 0.4) is 0 Å². The summed E-state index contributed by atoms with van der Waals surface area (Å²) in [7, 11) is 0. The highest BCUT2D eigenvalue weighted by Gasteiger charge is 2.52. The molecule has 0 aromatic rings. The van der Waals surface area contributed by atoms with Crippen LogP contribution in [0, 0.1) is 0 Å². The number of carboxylic acids is 3. The minimum absolute atomic E-state index is 0.0677. The molecule has 5 atom stereocenters. The maximum Gasteiger partial charge on any atom is 0.317 e. The highest BCUT2D eigenvalue weighted by atomic mass is 16.4. The zero-order valence-corrected chi connectivity index (χ0v) is 20.6. The van der Waals surface area contributed by atoms with Crippen LogP contribution in [-0.2, 0) is 19.2 Å². The summed E-state index contributed by atoms with van der Waals surface area (Å²) in [4.78, 5) is 53.4. The number of carboxylic acid groups (broad SMARTS) is 3. The molecule has 3 aliphatic heterocycles. The summed E-state index contributed by atoms with van der Waals surface area (Å²) in [5.74, 6) is -3.09. The van der Waals surface area contributed by atoms with Gasteiger partial charge in [-0.2, -0.15) is 0 Å². The molecule has 2 bridgehead atoms. The van der Waals surface area contributed by atoms with Crippen molar-refractivity contribution in [2.45, 2.75) is 50.1 Å². The van der Waals surface area contributed by atoms with Crippen LogP contribution in [0.2, 0.25) is 0 Å². The van der Waals surface area contributed by atoms with Crippen LogP contribution < -0.4 is 16.8 Å². The van der Waals surface area contributed by atoms with Crippen molar-refractivity contribution in [3.8, 4) is 0 Å². The quantitative estimate of drug-likeness (QED) is 0.170. The zero-order valence-electron chi connectivity index (χ0n) is 20.6. The number of quaternary nitrogens is 1. The Morgan fingerprint density at radius 1 is 1.00 bits per heavy atom. The molecule has 14 nitrogen and oxygen atoms in total. The summed E-state index contributed by atoms with van der Waals surface area (Å²) in [5.41, 5.74) is 12.4. The molecule has 204 valence electrons. The molecule has 3 rings (SSSR count). The Balaban J connectivity index is 2.00. The number of carbonyl (C=O) groups excluding carboxylic acids is 1. The van der Waals surface area contributed by atoms with Gasteiger partial charge in [0.05, 0.1) is 19.5 Å². The first-order valence-corrected chi connectivity index (χ1v) is 12.5. The SMILES string of the molecule is NCC[N+]12CC(NC(=O)CC[C@H](N)CC1CC(=O)O)N(CC(=O)O)C(N1CCN(CC(=O)O)CC1)C2. The molecular formula is C22H40N7O7+. The molecule has 4 unspecified atom stereocenters. The number of aliphatic carboxylic acids is 3. The lowest BCUT2D eigenvalue weighted by molar-refractivity contribution is -0.960. The van der Waals surface area contributed by atoms with Crippen LogP contribution in [0.15, 0.2) is 0 Å². The van der Waals surface area contributed by atoms with E-state index in [2.05, 4.69) is 10.2 Å². The number of rotatable bonds is 9. The lowest BCUT2D eigenvalue weighted by Crippen LogP contribution is -2.78. The predicted molar refractivity (Wildman–Crippen MR) is 127 cm³/mol. The molecule has 0 aromatic carbocycles. The number of hydrogen-bond acceptors (Lipinski definition) is 9. The molecule has 0 radical (unpaired) electrons. The van der Waals surface area contributed by atoms with E-state index in [4.69, 9.17) is 16.6 Å². The molecule has 3 aliphatic rings. The third-order valence-corrected chi connectivity index (χ3v) is 7.76. The molecular weight excluding hydrogens is 474 g/mol. The van der Waals surface area contributed by atoms with Gasteiger partial charge in [0.25, 0.3) is 0 Å². The molecule has 0 aliphatic carbocycles. The lowest BCUT2D eigenvalue weighted by atomic mass is 9.93. The standard InChI is InChI=1S/C22H39N7O7/c23-3-8-29-13-17(25-18(30)2-1-15(24)9-16(29)10-20(31)32)28(12-22(35)36)19(14-29)27-6-4-26(5-7-27)11-21(33)34/h15-17,19H,1-14,23-24H2,(H3-,25,30,31,32,33,34,35,36)/p+1/t15-,16?,17?,19?,29?/m0/s1. The van der Waals surface area contributed by atoms with Crippen LogP contribution in [0.25, 0.3) is 0 Å². The fourth-order valence-corrected chi connectivity index (χ4v) is 6.06. The van der Waals surface area contributed by atoms with Gasteiger partial charge in [-0.15, -0.1) is 0 Å². The first kappa shape index (κ1) is 28.2. The molecule has 0 spiro atoms. The van der Waals surface area contributed by atoms with Crippen LogP contribution >= 0.6 is 0 Å². The minimum atomic E-state index is -1.03. The van der Waals surface area contributed by atoms with Crippen LogP contribution in [0.4, 0.5) is 0 Å². The van der Waals surface area contributed by atoms with E-state index in [-0.39, 0.29) is 43.9 Å². The van der Waals surface area contributed by atoms with E-state index in [1.54, 1.807) is 4.90 Å². The van der Waals surface area contributed by atoms with Gasteiger partial charge >= 0.3 is 17.9 Å². The molecule has 14 heteroatoms. The average molecular weight is 515 g/mol. The molecule has 36 heavy (non-hydrogen) atoms. The molecule has 0 saturated carbocycles. The third-order valence-electron chi connectivity index (χ3n) is 7.76. The van der Waals surface area contributed by atoms with E-state index in [1.165, 1.54) is 0 Å². The zero-order chi connectivity index (χ0) is 26.5. The molecule has 3 heterocycles. The smallest absolute Gasteiger partial charge is 0.317 e. The van der Waals surface area contributed by atoms with Gasteiger partial charge in [-0.3, -0.25) is 29.0 Å². The van der Waals surface area contributed by atoms with Crippen molar-refractivity contribution in [2.24, 2.45) is 11.5 Å². The normalized spacial score (nSPS) is 33.0. The third kappa shape index (κ3) is 7.11. The van der Waals surface area contributed by atoms with Crippen LogP contribution in [-0.4, -0.2) is 148 Å². The topological polar surface area (TPSA) is 203 Å². The Kier molecular flexibility index (Phi) is 9.60. The van der Waals surface area contributed by atoms with E-state index in [0.717, 1.165) is 0 Å². The molecule has 0 aromatic heterocycles. The first-order valence-electron chi connectivity index (χ1n) is 12.5. The number of carbonyl (C=O) groups is 4. The van der Waals surface area contributed by atoms with Crippen LogP contribution in [0.1, 0.15) is 25.7 Å². The number of piperazine rings is 2. The number of nitrogens with one attached hydrogen (secondary N) is 1. The van der Waals surface area contributed by atoms with Gasteiger partial charge in [-0.1, -0.05) is 0 Å². The van der Waals surface area contributed by atoms with Gasteiger partial charge in [-0.05, 0) is 6.42 Å². The summed E-state index contributed by atoms with van der Waals surface area (Å²) in [6.45, 7) is 3.19. The predicted octanol–water partition coefficient (Wildman–Crippen LogP) is -3.01. The number of amides is 1. The van der Waals surface area contributed by atoms with E-state index in [1.807, 2.05) is 4.90 Å². The molecule has 1 amide bonds. The van der Waals surface area contributed by atoms with E-state index >= 15 is 0 Å². The van der Waals surface area contributed by atoms with Gasteiger partial charge in [0, 0.05) is 51.6 Å². The van der Waals surface area contributed by atoms with E-state index < -0.39 is 30.2 Å². The monoisotopic (exact) mass is 514 g/mol. The van der Waals surface area contributed by atoms with Gasteiger partial charge < -0.3 is 36.6 Å². The minimum Gasteiger partial charge on any atom is -0.481 e. The van der Waals surface area contributed by atoms with E-state index in [9.17, 15) is 29.4 Å². The highest BCUT2D eigenvalue weighted by Crippen LogP contribution is 2.32. The van der Waals surface area contributed by atoms with Crippen LogP contribution in [0.5, 0.6) is 0 Å². The van der Waals surface area contributed by atoms with Gasteiger partial charge in [0.1, 0.15) is 38.0 Å². The molecule has 3 fully saturated rings. The summed E-state index contributed by atoms with van der Waals surface area (Å²) < 4.78 is 0.317. The average Bonchev–Trinajstić information content (AvgIpc) is 2.78. The Morgan fingerprint density at radius 3 is 2.25 bits per heavy atom.